The fraction of sp³-hybridized carbons (Fsp3) is 0.296. The van der Waals surface area contributed by atoms with Gasteiger partial charge >= 0.3 is 0 Å². The SMILES string of the molecule is Cc1cccc(COc2nc(C)n(-c3cc(-c4ccnc(C(C)(C)C)n4)ccc3Cl)c(=O)c2C)n1. The van der Waals surface area contributed by atoms with Gasteiger partial charge < -0.3 is 4.74 Å². The average Bonchev–Trinajstić information content (AvgIpc) is 2.81. The lowest BCUT2D eigenvalue weighted by Crippen LogP contribution is -2.25. The molecule has 4 rings (SSSR count). The van der Waals surface area contributed by atoms with E-state index in [4.69, 9.17) is 21.3 Å². The van der Waals surface area contributed by atoms with Crippen molar-refractivity contribution in [3.63, 3.8) is 0 Å². The Morgan fingerprint density at radius 2 is 1.77 bits per heavy atom. The van der Waals surface area contributed by atoms with Gasteiger partial charge in [-0.25, -0.2) is 9.97 Å². The zero-order valence-electron chi connectivity index (χ0n) is 20.8. The Labute approximate surface area is 209 Å². The predicted molar refractivity (Wildman–Crippen MR) is 137 cm³/mol. The first kappa shape index (κ1) is 24.5. The fourth-order valence-electron chi connectivity index (χ4n) is 3.66. The monoisotopic (exact) mass is 489 g/mol. The summed E-state index contributed by atoms with van der Waals surface area (Å²) in [6, 6.07) is 13.1. The largest absolute Gasteiger partial charge is 0.471 e. The van der Waals surface area contributed by atoms with Crippen LogP contribution in [0.2, 0.25) is 5.02 Å². The number of hydrogen-bond acceptors (Lipinski definition) is 6. The molecule has 0 N–H and O–H groups in total. The van der Waals surface area contributed by atoms with E-state index in [0.717, 1.165) is 28.5 Å². The quantitative estimate of drug-likeness (QED) is 0.366. The van der Waals surface area contributed by atoms with Crippen LogP contribution in [0, 0.1) is 20.8 Å². The summed E-state index contributed by atoms with van der Waals surface area (Å²) >= 11 is 6.55. The predicted octanol–water partition coefficient (Wildman–Crippen LogP) is 5.54. The van der Waals surface area contributed by atoms with Crippen molar-refractivity contribution in [2.24, 2.45) is 0 Å². The van der Waals surface area contributed by atoms with Gasteiger partial charge in [-0.2, -0.15) is 4.98 Å². The van der Waals surface area contributed by atoms with Crippen molar-refractivity contribution in [1.29, 1.82) is 0 Å². The summed E-state index contributed by atoms with van der Waals surface area (Å²) in [6.45, 7) is 11.8. The zero-order chi connectivity index (χ0) is 25.3. The van der Waals surface area contributed by atoms with Gasteiger partial charge in [0.25, 0.3) is 5.56 Å². The van der Waals surface area contributed by atoms with Crippen molar-refractivity contribution in [1.82, 2.24) is 24.5 Å². The summed E-state index contributed by atoms with van der Waals surface area (Å²) in [5.41, 5.74) is 3.73. The molecular formula is C27H28ClN5O2. The molecule has 4 aromatic rings. The minimum Gasteiger partial charge on any atom is -0.471 e. The van der Waals surface area contributed by atoms with Gasteiger partial charge in [0.2, 0.25) is 5.88 Å². The van der Waals surface area contributed by atoms with Gasteiger partial charge in [-0.05, 0) is 51.1 Å². The minimum atomic E-state index is -0.248. The summed E-state index contributed by atoms with van der Waals surface area (Å²) in [5.74, 6) is 1.48. The number of aryl methyl sites for hydroxylation is 2. The van der Waals surface area contributed by atoms with Gasteiger partial charge in [-0.1, -0.05) is 44.5 Å². The Kier molecular flexibility index (Phi) is 6.72. The molecule has 0 bridgehead atoms. The van der Waals surface area contributed by atoms with E-state index in [1.165, 1.54) is 4.57 Å². The molecule has 0 radical (unpaired) electrons. The summed E-state index contributed by atoms with van der Waals surface area (Å²) in [5, 5.41) is 0.433. The van der Waals surface area contributed by atoms with Crippen LogP contribution in [-0.2, 0) is 12.0 Å². The third kappa shape index (κ3) is 5.25. The number of rotatable bonds is 5. The van der Waals surface area contributed by atoms with E-state index in [-0.39, 0.29) is 23.5 Å². The molecule has 0 unspecified atom stereocenters. The molecule has 8 heteroatoms. The number of aromatic nitrogens is 5. The summed E-state index contributed by atoms with van der Waals surface area (Å²) in [4.78, 5) is 31.5. The second-order valence-corrected chi connectivity index (χ2v) is 9.88. The lowest BCUT2D eigenvalue weighted by atomic mass is 9.95. The number of hydrogen-bond donors (Lipinski definition) is 0. The van der Waals surface area contributed by atoms with Crippen LogP contribution >= 0.6 is 11.6 Å². The molecule has 7 nitrogen and oxygen atoms in total. The summed E-state index contributed by atoms with van der Waals surface area (Å²) in [7, 11) is 0. The van der Waals surface area contributed by atoms with Crippen LogP contribution in [0.25, 0.3) is 16.9 Å². The molecule has 0 saturated heterocycles. The lowest BCUT2D eigenvalue weighted by Gasteiger charge is -2.18. The highest BCUT2D eigenvalue weighted by atomic mass is 35.5. The van der Waals surface area contributed by atoms with Gasteiger partial charge in [0.15, 0.2) is 0 Å². The van der Waals surface area contributed by atoms with Crippen molar-refractivity contribution in [2.75, 3.05) is 0 Å². The van der Waals surface area contributed by atoms with Crippen LogP contribution in [0.15, 0.2) is 53.5 Å². The van der Waals surface area contributed by atoms with Crippen molar-refractivity contribution in [2.45, 2.75) is 53.6 Å². The second kappa shape index (κ2) is 9.58. The first-order valence-electron chi connectivity index (χ1n) is 11.3. The van der Waals surface area contributed by atoms with Crippen LogP contribution in [-0.4, -0.2) is 24.5 Å². The second-order valence-electron chi connectivity index (χ2n) is 9.47. The maximum Gasteiger partial charge on any atom is 0.264 e. The highest BCUT2D eigenvalue weighted by molar-refractivity contribution is 6.32. The maximum atomic E-state index is 13.4. The van der Waals surface area contributed by atoms with Crippen LogP contribution in [0.1, 0.15) is 49.4 Å². The molecule has 35 heavy (non-hydrogen) atoms. The minimum absolute atomic E-state index is 0.191. The Morgan fingerprint density at radius 1 is 1.00 bits per heavy atom. The van der Waals surface area contributed by atoms with E-state index >= 15 is 0 Å². The fourth-order valence-corrected chi connectivity index (χ4v) is 3.86. The third-order valence-electron chi connectivity index (χ3n) is 5.54. The molecule has 0 atom stereocenters. The Hall–Kier alpha value is -3.58. The van der Waals surface area contributed by atoms with E-state index in [2.05, 4.69) is 35.7 Å². The molecule has 0 saturated carbocycles. The van der Waals surface area contributed by atoms with Crippen LogP contribution < -0.4 is 10.3 Å². The number of nitrogens with zero attached hydrogens (tertiary/aromatic N) is 5. The van der Waals surface area contributed by atoms with Crippen LogP contribution in [0.3, 0.4) is 0 Å². The molecular weight excluding hydrogens is 462 g/mol. The Balaban J connectivity index is 1.72. The molecule has 0 spiro atoms. The normalized spacial score (nSPS) is 11.5. The topological polar surface area (TPSA) is 82.8 Å². The van der Waals surface area contributed by atoms with E-state index in [1.54, 1.807) is 26.1 Å². The number of pyridine rings is 1. The van der Waals surface area contributed by atoms with Crippen molar-refractivity contribution < 1.29 is 4.74 Å². The zero-order valence-corrected chi connectivity index (χ0v) is 21.5. The molecule has 0 aliphatic rings. The molecule has 1 aromatic carbocycles. The molecule has 0 fully saturated rings. The Morgan fingerprint density at radius 3 is 2.49 bits per heavy atom. The molecule has 180 valence electrons. The van der Waals surface area contributed by atoms with Crippen LogP contribution in [0.4, 0.5) is 0 Å². The summed E-state index contributed by atoms with van der Waals surface area (Å²) in [6.07, 6.45) is 1.75. The van der Waals surface area contributed by atoms with E-state index in [1.807, 2.05) is 43.3 Å². The van der Waals surface area contributed by atoms with Crippen LogP contribution in [0.5, 0.6) is 5.88 Å². The average molecular weight is 490 g/mol. The van der Waals surface area contributed by atoms with Gasteiger partial charge in [-0.3, -0.25) is 14.3 Å². The number of ether oxygens (including phenoxy) is 1. The first-order chi connectivity index (χ1) is 16.5. The van der Waals surface area contributed by atoms with E-state index in [0.29, 0.717) is 22.1 Å². The van der Waals surface area contributed by atoms with E-state index in [9.17, 15) is 4.79 Å². The highest BCUT2D eigenvalue weighted by Crippen LogP contribution is 2.29. The lowest BCUT2D eigenvalue weighted by molar-refractivity contribution is 0.284. The van der Waals surface area contributed by atoms with Gasteiger partial charge in [-0.15, -0.1) is 0 Å². The Bertz CT molecular complexity index is 1460. The van der Waals surface area contributed by atoms with Gasteiger partial charge in [0, 0.05) is 22.9 Å². The van der Waals surface area contributed by atoms with E-state index < -0.39 is 0 Å². The molecule has 0 amide bonds. The van der Waals surface area contributed by atoms with Crippen molar-refractivity contribution in [3.05, 3.63) is 92.6 Å². The molecule has 0 aliphatic heterocycles. The van der Waals surface area contributed by atoms with Crippen molar-refractivity contribution >= 4 is 11.6 Å². The van der Waals surface area contributed by atoms with Gasteiger partial charge in [0.1, 0.15) is 18.3 Å². The molecule has 3 heterocycles. The number of benzene rings is 1. The maximum absolute atomic E-state index is 13.4. The highest BCUT2D eigenvalue weighted by Gasteiger charge is 2.19. The standard InChI is InChI=1S/C27H28ClN5O2/c1-16-8-7-9-20(30-16)15-35-24-17(2)25(34)33(18(3)31-24)23-14-19(10-11-21(23)28)22-12-13-29-26(32-22)27(4,5)6/h7-14H,15H2,1-6H3. The molecule has 3 aromatic heterocycles. The molecule has 0 aliphatic carbocycles. The van der Waals surface area contributed by atoms with Gasteiger partial charge in [0.05, 0.1) is 27.7 Å². The summed E-state index contributed by atoms with van der Waals surface area (Å²) < 4.78 is 7.37. The van der Waals surface area contributed by atoms with Crippen molar-refractivity contribution in [3.8, 4) is 22.8 Å². The number of halogens is 1. The third-order valence-corrected chi connectivity index (χ3v) is 5.86. The first-order valence-corrected chi connectivity index (χ1v) is 11.7. The smallest absolute Gasteiger partial charge is 0.264 e.